The lowest BCUT2D eigenvalue weighted by Crippen LogP contribution is -2.33. The van der Waals surface area contributed by atoms with Gasteiger partial charge in [0.15, 0.2) is 5.75 Å². The molecule has 0 saturated carbocycles. The smallest absolute Gasteiger partial charge is 0.160 e. The van der Waals surface area contributed by atoms with Crippen molar-refractivity contribution >= 4 is 0 Å². The fourth-order valence-electron chi connectivity index (χ4n) is 2.63. The number of hydrogen-bond donors (Lipinski definition) is 1. The molecule has 1 rings (SSSR count). The molecular formula is C15H30N4O. The Morgan fingerprint density at radius 1 is 1.45 bits per heavy atom. The highest BCUT2D eigenvalue weighted by Gasteiger charge is 2.30. The summed E-state index contributed by atoms with van der Waals surface area (Å²) >= 11 is 0. The molecule has 116 valence electrons. The van der Waals surface area contributed by atoms with E-state index in [9.17, 15) is 0 Å². The molecule has 1 N–H and O–H groups in total. The number of hydrogen-bond acceptors (Lipinski definition) is 4. The Bertz CT molecular complexity index is 412. The van der Waals surface area contributed by atoms with Gasteiger partial charge in [0, 0.05) is 18.0 Å². The molecule has 0 amide bonds. The van der Waals surface area contributed by atoms with Crippen molar-refractivity contribution in [3.63, 3.8) is 0 Å². The van der Waals surface area contributed by atoms with Gasteiger partial charge in [0.2, 0.25) is 0 Å². The number of likely N-dealkylation sites (N-methyl/N-ethyl adjacent to an activating group) is 1. The Hall–Kier alpha value is -1.07. The predicted octanol–water partition coefficient (Wildman–Crippen LogP) is 1.73. The van der Waals surface area contributed by atoms with Gasteiger partial charge in [-0.05, 0) is 34.5 Å². The molecule has 1 aromatic rings. The van der Waals surface area contributed by atoms with E-state index in [1.807, 2.05) is 13.2 Å². The summed E-state index contributed by atoms with van der Waals surface area (Å²) in [6.45, 7) is 8.56. The van der Waals surface area contributed by atoms with Gasteiger partial charge in [0.25, 0.3) is 0 Å². The maximum absolute atomic E-state index is 5.52. The van der Waals surface area contributed by atoms with Crippen molar-refractivity contribution in [1.82, 2.24) is 20.0 Å². The Balaban J connectivity index is 3.02. The van der Waals surface area contributed by atoms with Crippen LogP contribution in [0.3, 0.4) is 0 Å². The largest absolute Gasteiger partial charge is 0.493 e. The molecule has 0 spiro atoms. The predicted molar refractivity (Wildman–Crippen MR) is 83.5 cm³/mol. The summed E-state index contributed by atoms with van der Waals surface area (Å²) in [6.07, 6.45) is 2.87. The molecule has 1 aromatic heterocycles. The van der Waals surface area contributed by atoms with Crippen LogP contribution in [0.4, 0.5) is 0 Å². The van der Waals surface area contributed by atoms with Crippen molar-refractivity contribution in [1.29, 1.82) is 0 Å². The average Bonchev–Trinajstić information content (AvgIpc) is 2.79. The molecule has 1 unspecified atom stereocenters. The fourth-order valence-corrected chi connectivity index (χ4v) is 2.63. The van der Waals surface area contributed by atoms with Crippen LogP contribution in [0.1, 0.15) is 32.9 Å². The normalized spacial score (nSPS) is 13.8. The van der Waals surface area contributed by atoms with Gasteiger partial charge in [0.1, 0.15) is 0 Å². The van der Waals surface area contributed by atoms with E-state index in [4.69, 9.17) is 4.74 Å². The van der Waals surface area contributed by atoms with Crippen molar-refractivity contribution < 1.29 is 4.74 Å². The Labute approximate surface area is 123 Å². The van der Waals surface area contributed by atoms with Gasteiger partial charge in [-0.1, -0.05) is 13.8 Å². The number of rotatable bonds is 8. The minimum atomic E-state index is 0.0105. The summed E-state index contributed by atoms with van der Waals surface area (Å²) in [6, 6.07) is 0.451. The molecule has 0 fully saturated rings. The van der Waals surface area contributed by atoms with Crippen molar-refractivity contribution in [3.05, 3.63) is 11.9 Å². The molecule has 5 heteroatoms. The molecule has 0 aromatic carbocycles. The van der Waals surface area contributed by atoms with Gasteiger partial charge in [-0.2, -0.15) is 5.10 Å². The van der Waals surface area contributed by atoms with E-state index >= 15 is 0 Å². The van der Waals surface area contributed by atoms with Gasteiger partial charge in [-0.15, -0.1) is 0 Å². The second-order valence-corrected chi connectivity index (χ2v) is 6.37. The Morgan fingerprint density at radius 2 is 2.10 bits per heavy atom. The monoisotopic (exact) mass is 282 g/mol. The maximum Gasteiger partial charge on any atom is 0.160 e. The van der Waals surface area contributed by atoms with Crippen LogP contribution in [-0.4, -0.2) is 55.5 Å². The van der Waals surface area contributed by atoms with E-state index in [-0.39, 0.29) is 5.41 Å². The number of methoxy groups -OCH3 is 1. The summed E-state index contributed by atoms with van der Waals surface area (Å²) in [7, 11) is 7.87. The molecule has 20 heavy (non-hydrogen) atoms. The highest BCUT2D eigenvalue weighted by Crippen LogP contribution is 2.35. The second kappa shape index (κ2) is 7.09. The summed E-state index contributed by atoms with van der Waals surface area (Å²) in [4.78, 5) is 2.17. The zero-order valence-corrected chi connectivity index (χ0v) is 14.0. The lowest BCUT2D eigenvalue weighted by molar-refractivity contribution is 0.325. The Morgan fingerprint density at radius 3 is 2.60 bits per heavy atom. The fraction of sp³-hybridized carbons (Fsp3) is 0.800. The zero-order valence-electron chi connectivity index (χ0n) is 14.0. The number of ether oxygens (including phenoxy) is 1. The van der Waals surface area contributed by atoms with E-state index < -0.39 is 0 Å². The first-order valence-corrected chi connectivity index (χ1v) is 7.24. The van der Waals surface area contributed by atoms with Gasteiger partial charge in [-0.3, -0.25) is 4.68 Å². The van der Waals surface area contributed by atoms with E-state index in [1.165, 1.54) is 5.69 Å². The highest BCUT2D eigenvalue weighted by atomic mass is 16.5. The molecule has 5 nitrogen and oxygen atoms in total. The lowest BCUT2D eigenvalue weighted by atomic mass is 9.82. The SMILES string of the molecule is CNC(C)CC(C)(C)c1c(OC)cnn1CCN(C)C. The molecule has 0 aliphatic heterocycles. The van der Waals surface area contributed by atoms with Crippen molar-refractivity contribution in [3.8, 4) is 5.75 Å². The molecule has 0 aliphatic rings. The van der Waals surface area contributed by atoms with Crippen LogP contribution in [0.5, 0.6) is 5.75 Å². The van der Waals surface area contributed by atoms with Crippen molar-refractivity contribution in [2.75, 3.05) is 34.8 Å². The molecule has 0 aliphatic carbocycles. The molecule has 1 atom stereocenters. The van der Waals surface area contributed by atoms with Crippen LogP contribution in [0.2, 0.25) is 0 Å². The van der Waals surface area contributed by atoms with Crippen LogP contribution >= 0.6 is 0 Å². The van der Waals surface area contributed by atoms with Gasteiger partial charge >= 0.3 is 0 Å². The summed E-state index contributed by atoms with van der Waals surface area (Å²) in [5.74, 6) is 0.886. The van der Waals surface area contributed by atoms with E-state index in [1.54, 1.807) is 7.11 Å². The third-order valence-corrected chi connectivity index (χ3v) is 3.74. The van der Waals surface area contributed by atoms with E-state index in [0.29, 0.717) is 6.04 Å². The number of nitrogens with zero attached hydrogens (tertiary/aromatic N) is 3. The van der Waals surface area contributed by atoms with Gasteiger partial charge in [0.05, 0.1) is 25.5 Å². The first kappa shape index (κ1) is 17.0. The first-order valence-electron chi connectivity index (χ1n) is 7.24. The summed E-state index contributed by atoms with van der Waals surface area (Å²) in [5, 5.41) is 7.81. The van der Waals surface area contributed by atoms with E-state index in [0.717, 1.165) is 25.3 Å². The van der Waals surface area contributed by atoms with Crippen LogP contribution in [-0.2, 0) is 12.0 Å². The molecule has 0 radical (unpaired) electrons. The maximum atomic E-state index is 5.52. The minimum Gasteiger partial charge on any atom is -0.493 e. The van der Waals surface area contributed by atoms with E-state index in [2.05, 4.69) is 54.9 Å². The van der Waals surface area contributed by atoms with Crippen LogP contribution in [0.15, 0.2) is 6.20 Å². The zero-order chi connectivity index (χ0) is 15.3. The van der Waals surface area contributed by atoms with Crippen LogP contribution < -0.4 is 10.1 Å². The van der Waals surface area contributed by atoms with Crippen LogP contribution in [0, 0.1) is 0 Å². The lowest BCUT2D eigenvalue weighted by Gasteiger charge is -2.30. The second-order valence-electron chi connectivity index (χ2n) is 6.37. The molecule has 0 saturated heterocycles. The number of aromatic nitrogens is 2. The van der Waals surface area contributed by atoms with Crippen molar-refractivity contribution in [2.24, 2.45) is 0 Å². The third kappa shape index (κ3) is 4.21. The molecule has 0 bridgehead atoms. The topological polar surface area (TPSA) is 42.3 Å². The number of nitrogens with one attached hydrogen (secondary N) is 1. The molecule has 1 heterocycles. The Kier molecular flexibility index (Phi) is 6.02. The highest BCUT2D eigenvalue weighted by molar-refractivity contribution is 5.32. The third-order valence-electron chi connectivity index (χ3n) is 3.74. The minimum absolute atomic E-state index is 0.0105. The van der Waals surface area contributed by atoms with Crippen molar-refractivity contribution in [2.45, 2.75) is 45.2 Å². The quantitative estimate of drug-likeness (QED) is 0.788. The average molecular weight is 282 g/mol. The molecular weight excluding hydrogens is 252 g/mol. The van der Waals surface area contributed by atoms with Gasteiger partial charge < -0.3 is 15.0 Å². The van der Waals surface area contributed by atoms with Crippen LogP contribution in [0.25, 0.3) is 0 Å². The first-order chi connectivity index (χ1) is 9.31. The summed E-state index contributed by atoms with van der Waals surface area (Å²) < 4.78 is 7.60. The standard InChI is InChI=1S/C15H30N4O/c1-12(16-4)10-15(2,3)14-13(20-7)11-17-19(14)9-8-18(5)6/h11-12,16H,8-10H2,1-7H3. The summed E-state index contributed by atoms with van der Waals surface area (Å²) in [5.41, 5.74) is 1.19. The van der Waals surface area contributed by atoms with Gasteiger partial charge in [-0.25, -0.2) is 0 Å².